The van der Waals surface area contributed by atoms with Crippen LogP contribution in [-0.2, 0) is 4.74 Å². The topological polar surface area (TPSA) is 29.5 Å². The average molecular weight is 186 g/mol. The Labute approximate surface area is 81.6 Å². The Bertz CT molecular complexity index is 145. The second-order valence-electron chi connectivity index (χ2n) is 3.50. The summed E-state index contributed by atoms with van der Waals surface area (Å²) >= 11 is 0. The van der Waals surface area contributed by atoms with Crippen LogP contribution in [0.15, 0.2) is 12.7 Å². The molecule has 0 radical (unpaired) electrons. The fourth-order valence-electron chi connectivity index (χ4n) is 0.978. The number of hydrogen-bond acceptors (Lipinski definition) is 2. The van der Waals surface area contributed by atoms with E-state index in [1.807, 2.05) is 13.8 Å². The Kier molecular flexibility index (Phi) is 6.00. The van der Waals surface area contributed by atoms with Crippen molar-refractivity contribution in [1.82, 2.24) is 0 Å². The monoisotopic (exact) mass is 186 g/mol. The number of ether oxygens (including phenoxy) is 1. The van der Waals surface area contributed by atoms with Gasteiger partial charge in [-0.25, -0.2) is 0 Å². The highest BCUT2D eigenvalue weighted by Crippen LogP contribution is 2.16. The van der Waals surface area contributed by atoms with Crippen molar-refractivity contribution in [3.63, 3.8) is 0 Å². The van der Waals surface area contributed by atoms with Gasteiger partial charge in [0.15, 0.2) is 0 Å². The third kappa shape index (κ3) is 5.06. The van der Waals surface area contributed by atoms with E-state index in [0.29, 0.717) is 19.4 Å². The molecule has 0 aliphatic carbocycles. The summed E-state index contributed by atoms with van der Waals surface area (Å²) in [7, 11) is 0. The van der Waals surface area contributed by atoms with Gasteiger partial charge in [0.2, 0.25) is 0 Å². The molecule has 0 bridgehead atoms. The van der Waals surface area contributed by atoms with Gasteiger partial charge >= 0.3 is 0 Å². The third-order valence-corrected chi connectivity index (χ3v) is 2.50. The van der Waals surface area contributed by atoms with Crippen molar-refractivity contribution >= 4 is 0 Å². The molecule has 2 atom stereocenters. The standard InChI is InChI=1S/C11H22O2/c1-5-10(4)13-9-8-11(12,6-2)7-3/h6,10,12H,2,5,7-9H2,1,3-4H3. The molecule has 78 valence electrons. The van der Waals surface area contributed by atoms with E-state index in [4.69, 9.17) is 4.74 Å². The van der Waals surface area contributed by atoms with Crippen LogP contribution in [0, 0.1) is 0 Å². The van der Waals surface area contributed by atoms with Gasteiger partial charge in [-0.15, -0.1) is 6.58 Å². The Morgan fingerprint density at radius 3 is 2.54 bits per heavy atom. The summed E-state index contributed by atoms with van der Waals surface area (Å²) in [6, 6.07) is 0. The van der Waals surface area contributed by atoms with E-state index >= 15 is 0 Å². The zero-order chi connectivity index (χ0) is 10.3. The van der Waals surface area contributed by atoms with Crippen molar-refractivity contribution in [2.75, 3.05) is 6.61 Å². The van der Waals surface area contributed by atoms with Crippen molar-refractivity contribution in [3.05, 3.63) is 12.7 Å². The van der Waals surface area contributed by atoms with Crippen LogP contribution in [0.3, 0.4) is 0 Å². The SMILES string of the molecule is C=CC(O)(CC)CCOC(C)CC. The first-order valence-electron chi connectivity index (χ1n) is 5.05. The fourth-order valence-corrected chi connectivity index (χ4v) is 0.978. The number of rotatable bonds is 7. The lowest BCUT2D eigenvalue weighted by molar-refractivity contribution is 0.00704. The average Bonchev–Trinajstić information content (AvgIpc) is 2.17. The van der Waals surface area contributed by atoms with Crippen LogP contribution in [0.1, 0.15) is 40.0 Å². The van der Waals surface area contributed by atoms with E-state index in [1.165, 1.54) is 0 Å². The molecule has 0 amide bonds. The quantitative estimate of drug-likeness (QED) is 0.619. The van der Waals surface area contributed by atoms with Crippen LogP contribution in [0.25, 0.3) is 0 Å². The summed E-state index contributed by atoms with van der Waals surface area (Å²) in [6.07, 6.45) is 4.23. The summed E-state index contributed by atoms with van der Waals surface area (Å²) in [5.41, 5.74) is -0.743. The lowest BCUT2D eigenvalue weighted by atomic mass is 9.97. The summed E-state index contributed by atoms with van der Waals surface area (Å²) in [6.45, 7) is 10.3. The van der Waals surface area contributed by atoms with Crippen molar-refractivity contribution in [3.8, 4) is 0 Å². The minimum absolute atomic E-state index is 0.283. The van der Waals surface area contributed by atoms with Gasteiger partial charge in [0.05, 0.1) is 11.7 Å². The lowest BCUT2D eigenvalue weighted by Crippen LogP contribution is -2.27. The molecule has 0 fully saturated rings. The minimum atomic E-state index is -0.743. The molecule has 0 aromatic carbocycles. The third-order valence-electron chi connectivity index (χ3n) is 2.50. The van der Waals surface area contributed by atoms with Crippen molar-refractivity contribution < 1.29 is 9.84 Å². The Morgan fingerprint density at radius 1 is 1.54 bits per heavy atom. The molecule has 0 spiro atoms. The predicted octanol–water partition coefficient (Wildman–Crippen LogP) is 2.52. The largest absolute Gasteiger partial charge is 0.386 e. The summed E-state index contributed by atoms with van der Waals surface area (Å²) < 4.78 is 5.48. The van der Waals surface area contributed by atoms with Gasteiger partial charge in [-0.3, -0.25) is 0 Å². The van der Waals surface area contributed by atoms with Gasteiger partial charge < -0.3 is 9.84 Å². The molecule has 0 rings (SSSR count). The molecule has 13 heavy (non-hydrogen) atoms. The predicted molar refractivity (Wildman–Crippen MR) is 55.8 cm³/mol. The first-order chi connectivity index (χ1) is 6.08. The van der Waals surface area contributed by atoms with Gasteiger partial charge in [0.1, 0.15) is 0 Å². The van der Waals surface area contributed by atoms with Crippen LogP contribution in [0.4, 0.5) is 0 Å². The number of hydrogen-bond donors (Lipinski definition) is 1. The second kappa shape index (κ2) is 6.17. The van der Waals surface area contributed by atoms with Gasteiger partial charge in [0.25, 0.3) is 0 Å². The lowest BCUT2D eigenvalue weighted by Gasteiger charge is -2.23. The maximum Gasteiger partial charge on any atom is 0.0844 e. The molecule has 2 unspecified atom stereocenters. The minimum Gasteiger partial charge on any atom is -0.386 e. The first-order valence-corrected chi connectivity index (χ1v) is 5.05. The molecular weight excluding hydrogens is 164 g/mol. The zero-order valence-corrected chi connectivity index (χ0v) is 9.05. The van der Waals surface area contributed by atoms with E-state index in [0.717, 1.165) is 6.42 Å². The molecule has 1 N–H and O–H groups in total. The van der Waals surface area contributed by atoms with Crippen LogP contribution in [-0.4, -0.2) is 23.4 Å². The van der Waals surface area contributed by atoms with Gasteiger partial charge in [0, 0.05) is 13.0 Å². The molecule has 0 aromatic heterocycles. The molecule has 0 aliphatic heterocycles. The van der Waals surface area contributed by atoms with Crippen LogP contribution >= 0.6 is 0 Å². The van der Waals surface area contributed by atoms with E-state index in [-0.39, 0.29) is 6.10 Å². The van der Waals surface area contributed by atoms with E-state index in [1.54, 1.807) is 6.08 Å². The second-order valence-corrected chi connectivity index (χ2v) is 3.50. The summed E-state index contributed by atoms with van der Waals surface area (Å²) in [5, 5.41) is 9.82. The Morgan fingerprint density at radius 2 is 2.15 bits per heavy atom. The van der Waals surface area contributed by atoms with Crippen LogP contribution < -0.4 is 0 Å². The van der Waals surface area contributed by atoms with Gasteiger partial charge in [-0.2, -0.15) is 0 Å². The Hall–Kier alpha value is -0.340. The van der Waals surface area contributed by atoms with Crippen molar-refractivity contribution in [2.24, 2.45) is 0 Å². The zero-order valence-electron chi connectivity index (χ0n) is 9.05. The van der Waals surface area contributed by atoms with Crippen molar-refractivity contribution in [1.29, 1.82) is 0 Å². The smallest absolute Gasteiger partial charge is 0.0844 e. The molecule has 0 aliphatic rings. The molecule has 2 nitrogen and oxygen atoms in total. The van der Waals surface area contributed by atoms with Crippen LogP contribution in [0.2, 0.25) is 0 Å². The van der Waals surface area contributed by atoms with Crippen LogP contribution in [0.5, 0.6) is 0 Å². The highest BCUT2D eigenvalue weighted by atomic mass is 16.5. The molecule has 0 aromatic rings. The Balaban J connectivity index is 3.67. The van der Waals surface area contributed by atoms with Crippen molar-refractivity contribution in [2.45, 2.75) is 51.7 Å². The number of aliphatic hydroxyl groups is 1. The van der Waals surface area contributed by atoms with E-state index < -0.39 is 5.60 Å². The maximum atomic E-state index is 9.82. The first kappa shape index (κ1) is 12.7. The van der Waals surface area contributed by atoms with Gasteiger partial charge in [-0.05, 0) is 19.8 Å². The molecule has 2 heteroatoms. The summed E-state index contributed by atoms with van der Waals surface area (Å²) in [5.74, 6) is 0. The van der Waals surface area contributed by atoms with E-state index in [9.17, 15) is 5.11 Å². The summed E-state index contributed by atoms with van der Waals surface area (Å²) in [4.78, 5) is 0. The van der Waals surface area contributed by atoms with E-state index in [2.05, 4.69) is 13.5 Å². The van der Waals surface area contributed by atoms with Gasteiger partial charge in [-0.1, -0.05) is 19.9 Å². The molecule has 0 saturated carbocycles. The fraction of sp³-hybridized carbons (Fsp3) is 0.818. The molecular formula is C11H22O2. The molecule has 0 saturated heterocycles. The maximum absolute atomic E-state index is 9.82. The highest BCUT2D eigenvalue weighted by Gasteiger charge is 2.19. The normalized spacial score (nSPS) is 17.8. The highest BCUT2D eigenvalue weighted by molar-refractivity contribution is 4.94. The molecule has 0 heterocycles.